The van der Waals surface area contributed by atoms with Crippen LogP contribution in [0, 0.1) is 11.6 Å². The number of halogens is 2. The Morgan fingerprint density at radius 1 is 1.38 bits per heavy atom. The fourth-order valence-corrected chi connectivity index (χ4v) is 2.12. The summed E-state index contributed by atoms with van der Waals surface area (Å²) < 4.78 is 26.4. The van der Waals surface area contributed by atoms with Crippen LogP contribution in [-0.2, 0) is 0 Å². The maximum Gasteiger partial charge on any atom is 0.181 e. The summed E-state index contributed by atoms with van der Waals surface area (Å²) in [5.41, 5.74) is 0.264. The van der Waals surface area contributed by atoms with E-state index in [-0.39, 0.29) is 11.7 Å². The minimum atomic E-state index is -0.797. The first kappa shape index (κ1) is 11.3. The van der Waals surface area contributed by atoms with Gasteiger partial charge in [-0.1, -0.05) is 6.07 Å². The van der Waals surface area contributed by atoms with Crippen LogP contribution in [0.25, 0.3) is 0 Å². The van der Waals surface area contributed by atoms with Gasteiger partial charge in [0.1, 0.15) is 0 Å². The number of likely N-dealkylation sites (tertiary alicyclic amines) is 1. The summed E-state index contributed by atoms with van der Waals surface area (Å²) in [6.07, 6.45) is 2.09. The van der Waals surface area contributed by atoms with Gasteiger partial charge in [-0.05, 0) is 38.6 Å². The van der Waals surface area contributed by atoms with Gasteiger partial charge in [-0.3, -0.25) is 0 Å². The lowest BCUT2D eigenvalue weighted by atomic mass is 10.1. The van der Waals surface area contributed by atoms with E-state index in [1.165, 1.54) is 6.07 Å². The van der Waals surface area contributed by atoms with Gasteiger partial charge in [-0.2, -0.15) is 0 Å². The van der Waals surface area contributed by atoms with E-state index in [9.17, 15) is 8.78 Å². The molecule has 1 aliphatic rings. The van der Waals surface area contributed by atoms with Crippen LogP contribution in [0.3, 0.4) is 0 Å². The number of anilines is 1. The minimum Gasteiger partial charge on any atom is -0.379 e. The van der Waals surface area contributed by atoms with Crippen LogP contribution >= 0.6 is 0 Å². The van der Waals surface area contributed by atoms with E-state index in [1.807, 2.05) is 7.05 Å². The minimum absolute atomic E-state index is 0.204. The van der Waals surface area contributed by atoms with Gasteiger partial charge in [-0.15, -0.1) is 0 Å². The van der Waals surface area contributed by atoms with E-state index in [0.29, 0.717) is 0 Å². The van der Waals surface area contributed by atoms with Crippen molar-refractivity contribution in [2.75, 3.05) is 25.5 Å². The Labute approximate surface area is 94.3 Å². The monoisotopic (exact) mass is 226 g/mol. The Morgan fingerprint density at radius 3 is 2.94 bits per heavy atom. The number of likely N-dealkylation sites (N-methyl/N-ethyl adjacent to an activating group) is 1. The highest BCUT2D eigenvalue weighted by molar-refractivity contribution is 5.45. The Hall–Kier alpha value is -1.16. The van der Waals surface area contributed by atoms with Gasteiger partial charge >= 0.3 is 0 Å². The summed E-state index contributed by atoms with van der Waals surface area (Å²) in [7, 11) is 2.04. The predicted octanol–water partition coefficient (Wildman–Crippen LogP) is 2.47. The van der Waals surface area contributed by atoms with Crippen molar-refractivity contribution >= 4 is 5.69 Å². The Kier molecular flexibility index (Phi) is 3.39. The fraction of sp³-hybridized carbons (Fsp3) is 0.500. The van der Waals surface area contributed by atoms with Crippen LogP contribution in [0.5, 0.6) is 0 Å². The molecule has 1 aromatic rings. The molecule has 2 nitrogen and oxygen atoms in total. The molecule has 1 unspecified atom stereocenters. The van der Waals surface area contributed by atoms with Crippen LogP contribution in [0.2, 0.25) is 0 Å². The van der Waals surface area contributed by atoms with Crippen LogP contribution in [-0.4, -0.2) is 31.1 Å². The molecule has 0 radical (unpaired) electrons. The second-order valence-corrected chi connectivity index (χ2v) is 4.35. The van der Waals surface area contributed by atoms with Crippen molar-refractivity contribution in [1.82, 2.24) is 4.90 Å². The second kappa shape index (κ2) is 4.78. The average molecular weight is 226 g/mol. The molecule has 0 saturated carbocycles. The van der Waals surface area contributed by atoms with Gasteiger partial charge in [0, 0.05) is 12.6 Å². The Morgan fingerprint density at radius 2 is 2.19 bits per heavy atom. The number of hydrogen-bond acceptors (Lipinski definition) is 2. The standard InChI is InChI=1S/C12H16F2N2/c1-16-7-3-4-9(8-16)15-11-6-2-5-10(13)12(11)14/h2,5-6,9,15H,3-4,7-8H2,1H3. The molecule has 1 aromatic carbocycles. The topological polar surface area (TPSA) is 15.3 Å². The highest BCUT2D eigenvalue weighted by Gasteiger charge is 2.18. The summed E-state index contributed by atoms with van der Waals surface area (Å²) >= 11 is 0. The summed E-state index contributed by atoms with van der Waals surface area (Å²) in [5.74, 6) is -1.58. The third-order valence-corrected chi connectivity index (χ3v) is 2.94. The number of benzene rings is 1. The zero-order valence-corrected chi connectivity index (χ0v) is 9.34. The molecule has 0 aromatic heterocycles. The molecule has 1 N–H and O–H groups in total. The van der Waals surface area contributed by atoms with Gasteiger partial charge in [0.25, 0.3) is 0 Å². The van der Waals surface area contributed by atoms with Crippen LogP contribution < -0.4 is 5.32 Å². The number of hydrogen-bond donors (Lipinski definition) is 1. The molecule has 0 bridgehead atoms. The lowest BCUT2D eigenvalue weighted by Gasteiger charge is -2.30. The largest absolute Gasteiger partial charge is 0.379 e. The van der Waals surface area contributed by atoms with Crippen LogP contribution in [0.15, 0.2) is 18.2 Å². The maximum atomic E-state index is 13.4. The van der Waals surface area contributed by atoms with Gasteiger partial charge in [0.05, 0.1) is 5.69 Å². The molecule has 1 heterocycles. The number of piperidine rings is 1. The number of nitrogens with zero attached hydrogens (tertiary/aromatic N) is 1. The van der Waals surface area contributed by atoms with Gasteiger partial charge in [0.15, 0.2) is 11.6 Å². The van der Waals surface area contributed by atoms with Gasteiger partial charge in [-0.25, -0.2) is 8.78 Å². The molecule has 0 aliphatic carbocycles. The average Bonchev–Trinajstić information content (AvgIpc) is 2.25. The molecular weight excluding hydrogens is 210 g/mol. The van der Waals surface area contributed by atoms with Crippen LogP contribution in [0.4, 0.5) is 14.5 Å². The first-order valence-electron chi connectivity index (χ1n) is 5.56. The molecular formula is C12H16F2N2. The smallest absolute Gasteiger partial charge is 0.181 e. The summed E-state index contributed by atoms with van der Waals surface area (Å²) in [6.45, 7) is 1.94. The summed E-state index contributed by atoms with van der Waals surface area (Å²) in [4.78, 5) is 2.19. The summed E-state index contributed by atoms with van der Waals surface area (Å²) in [6, 6.07) is 4.43. The zero-order valence-electron chi connectivity index (χ0n) is 9.34. The van der Waals surface area contributed by atoms with E-state index in [1.54, 1.807) is 6.07 Å². The van der Waals surface area contributed by atoms with Crippen LogP contribution in [0.1, 0.15) is 12.8 Å². The Bertz CT molecular complexity index is 368. The molecule has 1 saturated heterocycles. The molecule has 16 heavy (non-hydrogen) atoms. The third kappa shape index (κ3) is 2.50. The lowest BCUT2D eigenvalue weighted by Crippen LogP contribution is -2.39. The first-order chi connectivity index (χ1) is 7.66. The highest BCUT2D eigenvalue weighted by atomic mass is 19.2. The van der Waals surface area contributed by atoms with E-state index in [2.05, 4.69) is 10.2 Å². The SMILES string of the molecule is CN1CCCC(Nc2cccc(F)c2F)C1. The van der Waals surface area contributed by atoms with E-state index >= 15 is 0 Å². The molecule has 1 atom stereocenters. The molecule has 1 aliphatic heterocycles. The van der Waals surface area contributed by atoms with Crippen molar-refractivity contribution in [3.05, 3.63) is 29.8 Å². The molecule has 1 fully saturated rings. The quantitative estimate of drug-likeness (QED) is 0.833. The van der Waals surface area contributed by atoms with Crippen molar-refractivity contribution in [1.29, 1.82) is 0 Å². The molecule has 88 valence electrons. The first-order valence-corrected chi connectivity index (χ1v) is 5.56. The van der Waals surface area contributed by atoms with Crippen molar-refractivity contribution in [2.24, 2.45) is 0 Å². The van der Waals surface area contributed by atoms with Crippen molar-refractivity contribution < 1.29 is 8.78 Å². The highest BCUT2D eigenvalue weighted by Crippen LogP contribution is 2.20. The molecule has 0 amide bonds. The number of rotatable bonds is 2. The number of nitrogens with one attached hydrogen (secondary N) is 1. The van der Waals surface area contributed by atoms with Gasteiger partial charge in [0.2, 0.25) is 0 Å². The molecule has 4 heteroatoms. The van der Waals surface area contributed by atoms with E-state index < -0.39 is 11.6 Å². The molecule has 0 spiro atoms. The fourth-order valence-electron chi connectivity index (χ4n) is 2.12. The van der Waals surface area contributed by atoms with Crippen molar-refractivity contribution in [2.45, 2.75) is 18.9 Å². The van der Waals surface area contributed by atoms with Crippen molar-refractivity contribution in [3.8, 4) is 0 Å². The maximum absolute atomic E-state index is 13.4. The van der Waals surface area contributed by atoms with Gasteiger partial charge < -0.3 is 10.2 Å². The lowest BCUT2D eigenvalue weighted by molar-refractivity contribution is 0.260. The van der Waals surface area contributed by atoms with E-state index in [0.717, 1.165) is 32.0 Å². The molecule has 2 rings (SSSR count). The third-order valence-electron chi connectivity index (χ3n) is 2.94. The van der Waals surface area contributed by atoms with Crippen molar-refractivity contribution in [3.63, 3.8) is 0 Å². The normalized spacial score (nSPS) is 22.1. The summed E-state index contributed by atoms with van der Waals surface area (Å²) in [5, 5.41) is 3.06. The predicted molar refractivity (Wildman–Crippen MR) is 60.5 cm³/mol. The Balaban J connectivity index is 2.05. The second-order valence-electron chi connectivity index (χ2n) is 4.35. The zero-order chi connectivity index (χ0) is 11.5. The van der Waals surface area contributed by atoms with E-state index in [4.69, 9.17) is 0 Å².